The fourth-order valence-corrected chi connectivity index (χ4v) is 3.69. The van der Waals surface area contributed by atoms with Crippen LogP contribution in [0.15, 0.2) is 24.3 Å². The number of nitrogens with zero attached hydrogens (tertiary/aromatic N) is 3. The third-order valence-electron chi connectivity index (χ3n) is 5.15. The van der Waals surface area contributed by atoms with Gasteiger partial charge in [0, 0.05) is 57.4 Å². The lowest BCUT2D eigenvalue weighted by Crippen LogP contribution is -2.54. The Kier molecular flexibility index (Phi) is 5.74. The lowest BCUT2D eigenvalue weighted by Gasteiger charge is -2.41. The highest BCUT2D eigenvalue weighted by atomic mass is 16.5. The van der Waals surface area contributed by atoms with Crippen LogP contribution in [0.5, 0.6) is 0 Å². The van der Waals surface area contributed by atoms with E-state index in [1.54, 1.807) is 0 Å². The van der Waals surface area contributed by atoms with Crippen LogP contribution in [0, 0.1) is 6.92 Å². The first-order chi connectivity index (χ1) is 11.6. The van der Waals surface area contributed by atoms with Gasteiger partial charge < -0.3 is 14.5 Å². The van der Waals surface area contributed by atoms with Gasteiger partial charge in [-0.15, -0.1) is 0 Å². The molecule has 5 heteroatoms. The van der Waals surface area contributed by atoms with E-state index in [2.05, 4.69) is 52.8 Å². The molecule has 1 aromatic carbocycles. The van der Waals surface area contributed by atoms with Gasteiger partial charge >= 0.3 is 0 Å². The van der Waals surface area contributed by atoms with Gasteiger partial charge in [-0.1, -0.05) is 18.2 Å². The van der Waals surface area contributed by atoms with E-state index in [1.165, 1.54) is 11.3 Å². The summed E-state index contributed by atoms with van der Waals surface area (Å²) in [6, 6.07) is 8.76. The third-order valence-corrected chi connectivity index (χ3v) is 5.15. The lowest BCUT2D eigenvalue weighted by atomic mass is 10.1. The van der Waals surface area contributed by atoms with Crippen LogP contribution in [0.1, 0.15) is 18.9 Å². The number of hydrogen-bond acceptors (Lipinski definition) is 4. The Balaban J connectivity index is 1.51. The number of benzene rings is 1. The number of piperazine rings is 1. The molecule has 3 rings (SSSR count). The summed E-state index contributed by atoms with van der Waals surface area (Å²) in [5, 5.41) is 0. The zero-order valence-electron chi connectivity index (χ0n) is 14.9. The van der Waals surface area contributed by atoms with Crippen LogP contribution in [0.2, 0.25) is 0 Å². The van der Waals surface area contributed by atoms with Crippen molar-refractivity contribution in [2.75, 3.05) is 57.4 Å². The zero-order chi connectivity index (χ0) is 16.9. The Labute approximate surface area is 145 Å². The summed E-state index contributed by atoms with van der Waals surface area (Å²) in [5.74, 6) is 0.290. The molecule has 2 aliphatic rings. The molecule has 0 saturated carbocycles. The van der Waals surface area contributed by atoms with Crippen molar-refractivity contribution in [1.29, 1.82) is 0 Å². The van der Waals surface area contributed by atoms with Crippen LogP contribution in [-0.2, 0) is 9.53 Å². The molecule has 0 aliphatic carbocycles. The number of para-hydroxylation sites is 1. The molecule has 0 N–H and O–H groups in total. The Morgan fingerprint density at radius 1 is 1.17 bits per heavy atom. The van der Waals surface area contributed by atoms with Gasteiger partial charge in [0.15, 0.2) is 0 Å². The number of carbonyl (C=O) groups excluding carboxylic acids is 1. The zero-order valence-corrected chi connectivity index (χ0v) is 14.9. The highest BCUT2D eigenvalue weighted by Crippen LogP contribution is 2.23. The second-order valence-corrected chi connectivity index (χ2v) is 6.87. The SMILES string of the molecule is Cc1ccccc1N1CCN(C(=O)CCN2CCOCC2)C(C)C1. The number of aryl methyl sites for hydroxylation is 1. The van der Waals surface area contributed by atoms with Gasteiger partial charge in [0.1, 0.15) is 0 Å². The minimum Gasteiger partial charge on any atom is -0.379 e. The van der Waals surface area contributed by atoms with Crippen LogP contribution in [0.4, 0.5) is 5.69 Å². The summed E-state index contributed by atoms with van der Waals surface area (Å²) in [5.41, 5.74) is 2.60. The summed E-state index contributed by atoms with van der Waals surface area (Å²) in [6.07, 6.45) is 0.620. The first-order valence-electron chi connectivity index (χ1n) is 9.05. The molecule has 2 fully saturated rings. The maximum absolute atomic E-state index is 12.6. The number of hydrogen-bond donors (Lipinski definition) is 0. The molecule has 2 aliphatic heterocycles. The van der Waals surface area contributed by atoms with Crippen molar-refractivity contribution >= 4 is 11.6 Å². The van der Waals surface area contributed by atoms with Crippen molar-refractivity contribution in [3.8, 4) is 0 Å². The first-order valence-corrected chi connectivity index (χ1v) is 9.05. The van der Waals surface area contributed by atoms with E-state index in [1.807, 2.05) is 0 Å². The van der Waals surface area contributed by atoms with Crippen molar-refractivity contribution in [2.45, 2.75) is 26.3 Å². The first kappa shape index (κ1) is 17.2. The average Bonchev–Trinajstić information content (AvgIpc) is 2.61. The summed E-state index contributed by atoms with van der Waals surface area (Å²) >= 11 is 0. The number of anilines is 1. The molecule has 2 saturated heterocycles. The minimum absolute atomic E-state index is 0.260. The molecule has 0 aromatic heterocycles. The monoisotopic (exact) mass is 331 g/mol. The van der Waals surface area contributed by atoms with Crippen LogP contribution >= 0.6 is 0 Å². The van der Waals surface area contributed by atoms with E-state index in [0.717, 1.165) is 52.5 Å². The number of carbonyl (C=O) groups is 1. The Morgan fingerprint density at radius 2 is 1.92 bits per heavy atom. The lowest BCUT2D eigenvalue weighted by molar-refractivity contribution is -0.134. The van der Waals surface area contributed by atoms with Crippen molar-refractivity contribution in [3.63, 3.8) is 0 Å². The standard InChI is InChI=1S/C19H29N3O2/c1-16-5-3-4-6-18(16)21-9-10-22(17(2)15-21)19(23)7-8-20-11-13-24-14-12-20/h3-6,17H,7-15H2,1-2H3. The second kappa shape index (κ2) is 7.99. The number of rotatable bonds is 4. The molecule has 132 valence electrons. The summed E-state index contributed by atoms with van der Waals surface area (Å²) in [4.78, 5) is 19.4. The van der Waals surface area contributed by atoms with E-state index >= 15 is 0 Å². The van der Waals surface area contributed by atoms with Crippen LogP contribution in [0.25, 0.3) is 0 Å². The predicted octanol–water partition coefficient (Wildman–Crippen LogP) is 1.75. The number of amides is 1. The smallest absolute Gasteiger partial charge is 0.224 e. The molecule has 1 amide bonds. The molecular formula is C19H29N3O2. The van der Waals surface area contributed by atoms with Crippen molar-refractivity contribution in [3.05, 3.63) is 29.8 Å². The number of ether oxygens (including phenoxy) is 1. The summed E-state index contributed by atoms with van der Waals surface area (Å²) in [6.45, 7) is 11.3. The van der Waals surface area contributed by atoms with Crippen LogP contribution < -0.4 is 4.90 Å². The predicted molar refractivity (Wildman–Crippen MR) is 96.4 cm³/mol. The molecule has 1 aromatic rings. The highest BCUT2D eigenvalue weighted by Gasteiger charge is 2.28. The molecule has 1 unspecified atom stereocenters. The molecule has 0 radical (unpaired) electrons. The van der Waals surface area contributed by atoms with E-state index in [9.17, 15) is 4.79 Å². The number of morpholine rings is 1. The Morgan fingerprint density at radius 3 is 2.62 bits per heavy atom. The van der Waals surface area contributed by atoms with Gasteiger partial charge in [-0.25, -0.2) is 0 Å². The fourth-order valence-electron chi connectivity index (χ4n) is 3.69. The van der Waals surface area contributed by atoms with Crippen LogP contribution in [0.3, 0.4) is 0 Å². The largest absolute Gasteiger partial charge is 0.379 e. The van der Waals surface area contributed by atoms with Gasteiger partial charge in [-0.2, -0.15) is 0 Å². The normalized spacial score (nSPS) is 22.7. The maximum Gasteiger partial charge on any atom is 0.224 e. The summed E-state index contributed by atoms with van der Waals surface area (Å²) in [7, 11) is 0. The Hall–Kier alpha value is -1.59. The van der Waals surface area contributed by atoms with Gasteiger partial charge in [0.25, 0.3) is 0 Å². The topological polar surface area (TPSA) is 36.0 Å². The maximum atomic E-state index is 12.6. The second-order valence-electron chi connectivity index (χ2n) is 6.87. The molecule has 5 nitrogen and oxygen atoms in total. The highest BCUT2D eigenvalue weighted by molar-refractivity contribution is 5.77. The van der Waals surface area contributed by atoms with Gasteiger partial charge in [0.05, 0.1) is 13.2 Å². The molecule has 2 heterocycles. The minimum atomic E-state index is 0.260. The van der Waals surface area contributed by atoms with Crippen LogP contribution in [-0.4, -0.2) is 74.2 Å². The quantitative estimate of drug-likeness (QED) is 0.842. The van der Waals surface area contributed by atoms with Gasteiger partial charge in [0.2, 0.25) is 5.91 Å². The molecular weight excluding hydrogens is 302 g/mol. The fraction of sp³-hybridized carbons (Fsp3) is 0.632. The third kappa shape index (κ3) is 4.08. The van der Waals surface area contributed by atoms with E-state index in [0.29, 0.717) is 12.3 Å². The van der Waals surface area contributed by atoms with Gasteiger partial charge in [-0.3, -0.25) is 9.69 Å². The van der Waals surface area contributed by atoms with Crippen molar-refractivity contribution in [1.82, 2.24) is 9.80 Å². The Bertz CT molecular complexity index is 557. The van der Waals surface area contributed by atoms with E-state index in [4.69, 9.17) is 4.74 Å². The van der Waals surface area contributed by atoms with E-state index in [-0.39, 0.29) is 6.04 Å². The molecule has 1 atom stereocenters. The van der Waals surface area contributed by atoms with Crippen molar-refractivity contribution < 1.29 is 9.53 Å². The summed E-state index contributed by atoms with van der Waals surface area (Å²) < 4.78 is 5.36. The molecule has 0 spiro atoms. The molecule has 0 bridgehead atoms. The van der Waals surface area contributed by atoms with E-state index < -0.39 is 0 Å². The average molecular weight is 331 g/mol. The van der Waals surface area contributed by atoms with Gasteiger partial charge in [-0.05, 0) is 25.5 Å². The molecule has 24 heavy (non-hydrogen) atoms. The van der Waals surface area contributed by atoms with Crippen molar-refractivity contribution in [2.24, 2.45) is 0 Å².